The van der Waals surface area contributed by atoms with Crippen LogP contribution in [0.25, 0.3) is 0 Å². The molecule has 0 saturated carbocycles. The molecule has 1 aromatic carbocycles. The van der Waals surface area contributed by atoms with Gasteiger partial charge in [-0.3, -0.25) is 14.9 Å². The van der Waals surface area contributed by atoms with Gasteiger partial charge in [0.2, 0.25) is 5.82 Å². The first-order valence-corrected chi connectivity index (χ1v) is 5.98. The Morgan fingerprint density at radius 3 is 2.30 bits per heavy atom. The van der Waals surface area contributed by atoms with E-state index in [1.54, 1.807) is 6.92 Å². The largest absolute Gasteiger partial charge is 0.349 e. The minimum absolute atomic E-state index is 0.258. The zero-order chi connectivity index (χ0) is 15.7. The zero-order valence-corrected chi connectivity index (χ0v) is 11.7. The molecule has 0 spiro atoms. The van der Waals surface area contributed by atoms with E-state index in [9.17, 15) is 23.7 Å². The van der Waals surface area contributed by atoms with E-state index < -0.39 is 33.7 Å². The summed E-state index contributed by atoms with van der Waals surface area (Å²) < 4.78 is 27.1. The average molecular weight is 286 g/mol. The van der Waals surface area contributed by atoms with Crippen molar-refractivity contribution in [1.82, 2.24) is 5.32 Å². The Morgan fingerprint density at radius 2 is 1.85 bits per heavy atom. The van der Waals surface area contributed by atoms with Crippen molar-refractivity contribution in [3.05, 3.63) is 39.4 Å². The summed E-state index contributed by atoms with van der Waals surface area (Å²) in [7, 11) is 0. The number of halogens is 2. The number of carbonyl (C=O) groups excluding carboxylic acids is 1. The van der Waals surface area contributed by atoms with Crippen molar-refractivity contribution in [2.24, 2.45) is 5.41 Å². The van der Waals surface area contributed by atoms with E-state index in [0.717, 1.165) is 0 Å². The van der Waals surface area contributed by atoms with Crippen molar-refractivity contribution in [2.45, 2.75) is 33.7 Å². The van der Waals surface area contributed by atoms with Crippen LogP contribution >= 0.6 is 0 Å². The Labute approximate surface area is 115 Å². The first kappa shape index (κ1) is 16.0. The summed E-state index contributed by atoms with van der Waals surface area (Å²) in [6.45, 7) is 7.37. The Balaban J connectivity index is 3.06. The lowest BCUT2D eigenvalue weighted by atomic mass is 9.88. The van der Waals surface area contributed by atoms with Gasteiger partial charge in [-0.25, -0.2) is 4.39 Å². The standard InChI is InChI=1S/C13H16F2N2O3/c1-7(13(2,3)4)16-12(18)8-5-10(15)11(17(19)20)6-9(8)14/h5-7H,1-4H3,(H,16,18). The van der Waals surface area contributed by atoms with Gasteiger partial charge in [0.05, 0.1) is 16.6 Å². The number of rotatable bonds is 3. The number of benzene rings is 1. The molecular weight excluding hydrogens is 270 g/mol. The maximum atomic E-state index is 13.7. The van der Waals surface area contributed by atoms with Gasteiger partial charge in [-0.1, -0.05) is 20.8 Å². The van der Waals surface area contributed by atoms with Gasteiger partial charge in [0.1, 0.15) is 5.82 Å². The predicted molar refractivity (Wildman–Crippen MR) is 69.4 cm³/mol. The molecule has 5 nitrogen and oxygen atoms in total. The summed E-state index contributed by atoms with van der Waals surface area (Å²) in [5, 5.41) is 13.0. The lowest BCUT2D eigenvalue weighted by Gasteiger charge is -2.28. The molecule has 7 heteroatoms. The molecule has 1 atom stereocenters. The van der Waals surface area contributed by atoms with Crippen molar-refractivity contribution in [3.8, 4) is 0 Å². The lowest BCUT2D eigenvalue weighted by Crippen LogP contribution is -2.41. The number of nitrogens with one attached hydrogen (secondary N) is 1. The molecule has 1 unspecified atom stereocenters. The highest BCUT2D eigenvalue weighted by atomic mass is 19.1. The lowest BCUT2D eigenvalue weighted by molar-refractivity contribution is -0.387. The molecule has 20 heavy (non-hydrogen) atoms. The van der Waals surface area contributed by atoms with Crippen molar-refractivity contribution in [1.29, 1.82) is 0 Å². The first-order chi connectivity index (χ1) is 9.04. The number of hydrogen-bond donors (Lipinski definition) is 1. The third kappa shape index (κ3) is 3.49. The number of nitro benzene ring substituents is 1. The Morgan fingerprint density at radius 1 is 1.30 bits per heavy atom. The van der Waals surface area contributed by atoms with Crippen molar-refractivity contribution < 1.29 is 18.5 Å². The van der Waals surface area contributed by atoms with E-state index in [1.807, 2.05) is 20.8 Å². The normalized spacial score (nSPS) is 12.9. The third-order valence-corrected chi connectivity index (χ3v) is 3.12. The molecule has 0 radical (unpaired) electrons. The van der Waals surface area contributed by atoms with Gasteiger partial charge in [-0.05, 0) is 18.4 Å². The van der Waals surface area contributed by atoms with Gasteiger partial charge in [-0.15, -0.1) is 0 Å². The zero-order valence-electron chi connectivity index (χ0n) is 11.7. The number of hydrogen-bond acceptors (Lipinski definition) is 3. The highest BCUT2D eigenvalue weighted by Crippen LogP contribution is 2.23. The molecule has 1 amide bonds. The smallest absolute Gasteiger partial charge is 0.307 e. The summed E-state index contributed by atoms with van der Waals surface area (Å²) in [6.07, 6.45) is 0. The van der Waals surface area contributed by atoms with Crippen LogP contribution in [0.2, 0.25) is 0 Å². The van der Waals surface area contributed by atoms with Crippen LogP contribution in [0.4, 0.5) is 14.5 Å². The fourth-order valence-electron chi connectivity index (χ4n) is 1.34. The molecule has 1 aromatic rings. The molecular formula is C13H16F2N2O3. The molecule has 0 saturated heterocycles. The predicted octanol–water partition coefficient (Wildman–Crippen LogP) is 3.04. The van der Waals surface area contributed by atoms with E-state index in [0.29, 0.717) is 12.1 Å². The maximum absolute atomic E-state index is 13.7. The first-order valence-electron chi connectivity index (χ1n) is 5.98. The van der Waals surface area contributed by atoms with Crippen LogP contribution < -0.4 is 5.32 Å². The van der Waals surface area contributed by atoms with E-state index in [1.165, 1.54) is 0 Å². The monoisotopic (exact) mass is 286 g/mol. The molecule has 0 heterocycles. The van der Waals surface area contributed by atoms with Crippen LogP contribution in [0.3, 0.4) is 0 Å². The summed E-state index contributed by atoms with van der Waals surface area (Å²) >= 11 is 0. The van der Waals surface area contributed by atoms with E-state index >= 15 is 0 Å². The van der Waals surface area contributed by atoms with Gasteiger partial charge in [0, 0.05) is 6.04 Å². The molecule has 0 fully saturated rings. The highest BCUT2D eigenvalue weighted by Gasteiger charge is 2.26. The van der Waals surface area contributed by atoms with Gasteiger partial charge in [-0.2, -0.15) is 4.39 Å². The van der Waals surface area contributed by atoms with E-state index in [-0.39, 0.29) is 11.5 Å². The third-order valence-electron chi connectivity index (χ3n) is 3.12. The summed E-state index contributed by atoms with van der Waals surface area (Å²) in [4.78, 5) is 21.3. The molecule has 110 valence electrons. The van der Waals surface area contributed by atoms with Crippen molar-refractivity contribution in [2.75, 3.05) is 0 Å². The van der Waals surface area contributed by atoms with Gasteiger partial charge in [0.25, 0.3) is 5.91 Å². The summed E-state index contributed by atoms with van der Waals surface area (Å²) in [5.41, 5.74) is -1.81. The summed E-state index contributed by atoms with van der Waals surface area (Å²) in [5.74, 6) is -3.18. The van der Waals surface area contributed by atoms with Crippen LogP contribution in [-0.2, 0) is 0 Å². The number of nitro groups is 1. The second kappa shape index (κ2) is 5.52. The maximum Gasteiger partial charge on any atom is 0.307 e. The van der Waals surface area contributed by atoms with Gasteiger partial charge in [0.15, 0.2) is 0 Å². The Bertz CT molecular complexity index is 553. The fraction of sp³-hybridized carbons (Fsp3) is 0.462. The molecule has 0 bridgehead atoms. The fourth-order valence-corrected chi connectivity index (χ4v) is 1.34. The molecule has 0 aliphatic carbocycles. The number of carbonyl (C=O) groups is 1. The van der Waals surface area contributed by atoms with Crippen LogP contribution in [0, 0.1) is 27.2 Å². The summed E-state index contributed by atoms with van der Waals surface area (Å²) in [6, 6.07) is 0.664. The molecule has 0 aliphatic heterocycles. The average Bonchev–Trinajstić information content (AvgIpc) is 2.29. The topological polar surface area (TPSA) is 72.2 Å². The van der Waals surface area contributed by atoms with E-state index in [2.05, 4.69) is 5.32 Å². The Hall–Kier alpha value is -2.05. The quantitative estimate of drug-likeness (QED) is 0.685. The minimum atomic E-state index is -1.25. The van der Waals surface area contributed by atoms with Crippen LogP contribution in [0.1, 0.15) is 38.1 Å². The minimum Gasteiger partial charge on any atom is -0.349 e. The molecule has 1 N–H and O–H groups in total. The number of amides is 1. The SMILES string of the molecule is CC(NC(=O)c1cc(F)c([N+](=O)[O-])cc1F)C(C)(C)C. The Kier molecular flexibility index (Phi) is 4.42. The van der Waals surface area contributed by atoms with Crippen molar-refractivity contribution >= 4 is 11.6 Å². The highest BCUT2D eigenvalue weighted by molar-refractivity contribution is 5.95. The van der Waals surface area contributed by atoms with Crippen LogP contribution in [0.5, 0.6) is 0 Å². The van der Waals surface area contributed by atoms with Crippen molar-refractivity contribution in [3.63, 3.8) is 0 Å². The van der Waals surface area contributed by atoms with Crippen LogP contribution in [0.15, 0.2) is 12.1 Å². The van der Waals surface area contributed by atoms with E-state index in [4.69, 9.17) is 0 Å². The number of nitrogens with zero attached hydrogens (tertiary/aromatic N) is 1. The van der Waals surface area contributed by atoms with Gasteiger partial charge >= 0.3 is 5.69 Å². The second-order valence-electron chi connectivity index (χ2n) is 5.60. The van der Waals surface area contributed by atoms with Crippen LogP contribution in [-0.4, -0.2) is 16.9 Å². The molecule has 1 rings (SSSR count). The van der Waals surface area contributed by atoms with Gasteiger partial charge < -0.3 is 5.32 Å². The molecule has 0 aromatic heterocycles. The molecule has 0 aliphatic rings. The second-order valence-corrected chi connectivity index (χ2v) is 5.60.